The van der Waals surface area contributed by atoms with E-state index in [0.29, 0.717) is 18.1 Å². The Balaban J connectivity index is 1.75. The van der Waals surface area contributed by atoms with Crippen LogP contribution >= 0.6 is 0 Å². The fourth-order valence-corrected chi connectivity index (χ4v) is 1.96. The lowest BCUT2D eigenvalue weighted by Crippen LogP contribution is -2.13. The fourth-order valence-electron chi connectivity index (χ4n) is 1.96. The molecule has 1 aromatic carbocycles. The molecule has 3 aromatic rings. The summed E-state index contributed by atoms with van der Waals surface area (Å²) in [6.45, 7) is 0. The van der Waals surface area contributed by atoms with Crippen molar-refractivity contribution in [3.8, 4) is 11.4 Å². The third-order valence-electron chi connectivity index (χ3n) is 3.03. The van der Waals surface area contributed by atoms with Gasteiger partial charge in [0.15, 0.2) is 0 Å². The standard InChI is InChI=1S/C15H14N4O/c16-13(11-4-2-1-3-5-11)10-14-18-15(19-20-14)12-6-8-17-9-7-12/h1-9,13H,10,16H2. The lowest BCUT2D eigenvalue weighted by atomic mass is 10.1. The van der Waals surface area contributed by atoms with Gasteiger partial charge in [0, 0.05) is 30.4 Å². The van der Waals surface area contributed by atoms with Gasteiger partial charge in [0.1, 0.15) is 0 Å². The zero-order valence-corrected chi connectivity index (χ0v) is 10.8. The minimum Gasteiger partial charge on any atom is -0.339 e. The summed E-state index contributed by atoms with van der Waals surface area (Å²) in [6.07, 6.45) is 3.91. The van der Waals surface area contributed by atoms with Gasteiger partial charge in [0.25, 0.3) is 0 Å². The first-order valence-corrected chi connectivity index (χ1v) is 6.36. The van der Waals surface area contributed by atoms with Crippen LogP contribution in [-0.2, 0) is 6.42 Å². The fraction of sp³-hybridized carbons (Fsp3) is 0.133. The molecule has 3 rings (SSSR count). The molecule has 0 radical (unpaired) electrons. The summed E-state index contributed by atoms with van der Waals surface area (Å²) in [4.78, 5) is 8.32. The lowest BCUT2D eigenvalue weighted by Gasteiger charge is -2.08. The van der Waals surface area contributed by atoms with Crippen molar-refractivity contribution in [2.75, 3.05) is 0 Å². The quantitative estimate of drug-likeness (QED) is 0.784. The van der Waals surface area contributed by atoms with Crippen LogP contribution in [0.15, 0.2) is 59.4 Å². The Bertz CT molecular complexity index is 667. The van der Waals surface area contributed by atoms with Gasteiger partial charge in [-0.05, 0) is 17.7 Å². The van der Waals surface area contributed by atoms with Crippen molar-refractivity contribution in [2.24, 2.45) is 5.73 Å². The molecule has 20 heavy (non-hydrogen) atoms. The summed E-state index contributed by atoms with van der Waals surface area (Å²) in [5, 5.41) is 3.96. The number of aromatic nitrogens is 3. The minimum absolute atomic E-state index is 0.151. The Morgan fingerprint density at radius 1 is 1.05 bits per heavy atom. The van der Waals surface area contributed by atoms with Crippen LogP contribution in [0.2, 0.25) is 0 Å². The molecule has 2 N–H and O–H groups in total. The van der Waals surface area contributed by atoms with Crippen molar-refractivity contribution >= 4 is 0 Å². The zero-order chi connectivity index (χ0) is 13.8. The minimum atomic E-state index is -0.151. The van der Waals surface area contributed by atoms with Gasteiger partial charge in [-0.15, -0.1) is 0 Å². The van der Waals surface area contributed by atoms with Crippen molar-refractivity contribution in [1.82, 2.24) is 15.1 Å². The molecule has 0 fully saturated rings. The number of hydrogen-bond acceptors (Lipinski definition) is 5. The highest BCUT2D eigenvalue weighted by Gasteiger charge is 2.13. The Hall–Kier alpha value is -2.53. The lowest BCUT2D eigenvalue weighted by molar-refractivity contribution is 0.370. The third-order valence-corrected chi connectivity index (χ3v) is 3.03. The van der Waals surface area contributed by atoms with Crippen molar-refractivity contribution < 1.29 is 4.52 Å². The van der Waals surface area contributed by atoms with E-state index in [9.17, 15) is 0 Å². The monoisotopic (exact) mass is 266 g/mol. The Morgan fingerprint density at radius 3 is 2.55 bits per heavy atom. The molecule has 0 aliphatic heterocycles. The maximum atomic E-state index is 6.14. The molecule has 0 aliphatic rings. The molecule has 0 amide bonds. The molecule has 2 heterocycles. The van der Waals surface area contributed by atoms with E-state index in [1.807, 2.05) is 42.5 Å². The molecular formula is C15H14N4O. The van der Waals surface area contributed by atoms with Gasteiger partial charge in [-0.2, -0.15) is 4.98 Å². The number of benzene rings is 1. The Labute approximate surface area is 116 Å². The summed E-state index contributed by atoms with van der Waals surface area (Å²) in [5.41, 5.74) is 8.07. The van der Waals surface area contributed by atoms with Gasteiger partial charge in [0.05, 0.1) is 0 Å². The van der Waals surface area contributed by atoms with Crippen LogP contribution < -0.4 is 5.73 Å². The number of nitrogens with two attached hydrogens (primary N) is 1. The van der Waals surface area contributed by atoms with Crippen LogP contribution in [0.4, 0.5) is 0 Å². The van der Waals surface area contributed by atoms with Gasteiger partial charge >= 0.3 is 0 Å². The number of hydrogen-bond donors (Lipinski definition) is 1. The smallest absolute Gasteiger partial charge is 0.228 e. The SMILES string of the molecule is NC(Cc1nc(-c2ccncc2)no1)c1ccccc1. The maximum absolute atomic E-state index is 6.14. The second-order valence-corrected chi connectivity index (χ2v) is 4.47. The molecule has 1 unspecified atom stereocenters. The van der Waals surface area contributed by atoms with Crippen LogP contribution in [0.1, 0.15) is 17.5 Å². The maximum Gasteiger partial charge on any atom is 0.228 e. The van der Waals surface area contributed by atoms with E-state index < -0.39 is 0 Å². The average molecular weight is 266 g/mol. The van der Waals surface area contributed by atoms with Crippen molar-refractivity contribution in [3.05, 3.63) is 66.3 Å². The molecule has 0 aliphatic carbocycles. The van der Waals surface area contributed by atoms with E-state index >= 15 is 0 Å². The summed E-state index contributed by atoms with van der Waals surface area (Å²) < 4.78 is 5.25. The molecule has 5 heteroatoms. The van der Waals surface area contributed by atoms with Crippen molar-refractivity contribution in [2.45, 2.75) is 12.5 Å². The predicted octanol–water partition coefficient (Wildman–Crippen LogP) is 2.37. The van der Waals surface area contributed by atoms with Crippen molar-refractivity contribution in [1.29, 1.82) is 0 Å². The normalized spacial score (nSPS) is 12.2. The average Bonchev–Trinajstić information content (AvgIpc) is 2.97. The van der Waals surface area contributed by atoms with Gasteiger partial charge in [-0.3, -0.25) is 4.98 Å². The molecule has 100 valence electrons. The van der Waals surface area contributed by atoms with Crippen LogP contribution in [0.3, 0.4) is 0 Å². The van der Waals surface area contributed by atoms with E-state index in [-0.39, 0.29) is 6.04 Å². The van der Waals surface area contributed by atoms with Crippen LogP contribution in [0.25, 0.3) is 11.4 Å². The Morgan fingerprint density at radius 2 is 1.80 bits per heavy atom. The first-order chi connectivity index (χ1) is 9.83. The van der Waals surface area contributed by atoms with Crippen molar-refractivity contribution in [3.63, 3.8) is 0 Å². The van der Waals surface area contributed by atoms with Gasteiger partial charge in [-0.1, -0.05) is 35.5 Å². The molecule has 2 aromatic heterocycles. The first kappa shape index (κ1) is 12.5. The molecule has 5 nitrogen and oxygen atoms in total. The van der Waals surface area contributed by atoms with Crippen LogP contribution in [-0.4, -0.2) is 15.1 Å². The number of nitrogens with zero attached hydrogens (tertiary/aromatic N) is 3. The predicted molar refractivity (Wildman–Crippen MR) is 74.6 cm³/mol. The summed E-state index contributed by atoms with van der Waals surface area (Å²) in [7, 11) is 0. The zero-order valence-electron chi connectivity index (χ0n) is 10.8. The van der Waals surface area contributed by atoms with Crippen LogP contribution in [0.5, 0.6) is 0 Å². The third kappa shape index (κ3) is 2.73. The topological polar surface area (TPSA) is 77.8 Å². The highest BCUT2D eigenvalue weighted by Crippen LogP contribution is 2.18. The van der Waals surface area contributed by atoms with Gasteiger partial charge in [0.2, 0.25) is 11.7 Å². The van der Waals surface area contributed by atoms with E-state index in [1.165, 1.54) is 0 Å². The molecule has 0 saturated heterocycles. The highest BCUT2D eigenvalue weighted by molar-refractivity contribution is 5.52. The largest absolute Gasteiger partial charge is 0.339 e. The first-order valence-electron chi connectivity index (χ1n) is 6.36. The molecule has 0 spiro atoms. The van der Waals surface area contributed by atoms with E-state index in [1.54, 1.807) is 12.4 Å². The summed E-state index contributed by atoms with van der Waals surface area (Å²) in [6, 6.07) is 13.4. The molecule has 0 bridgehead atoms. The van der Waals surface area contributed by atoms with E-state index in [2.05, 4.69) is 15.1 Å². The summed E-state index contributed by atoms with van der Waals surface area (Å²) >= 11 is 0. The Kier molecular flexibility index (Phi) is 3.52. The van der Waals surface area contributed by atoms with E-state index in [4.69, 9.17) is 10.3 Å². The molecule has 0 saturated carbocycles. The highest BCUT2D eigenvalue weighted by atomic mass is 16.5. The van der Waals surface area contributed by atoms with E-state index in [0.717, 1.165) is 11.1 Å². The number of rotatable bonds is 4. The molecule has 1 atom stereocenters. The second kappa shape index (κ2) is 5.63. The van der Waals surface area contributed by atoms with Gasteiger partial charge in [-0.25, -0.2) is 0 Å². The summed E-state index contributed by atoms with van der Waals surface area (Å²) in [5.74, 6) is 1.09. The van der Waals surface area contributed by atoms with Gasteiger partial charge < -0.3 is 10.3 Å². The molecular weight excluding hydrogens is 252 g/mol. The number of pyridine rings is 1. The van der Waals surface area contributed by atoms with Crippen LogP contribution in [0, 0.1) is 0 Å². The second-order valence-electron chi connectivity index (χ2n) is 4.47.